The lowest BCUT2D eigenvalue weighted by atomic mass is 10.1. The maximum Gasteiger partial charge on any atom is 0.282 e. The summed E-state index contributed by atoms with van der Waals surface area (Å²) in [5.74, 6) is -0.916. The van der Waals surface area contributed by atoms with Gasteiger partial charge < -0.3 is 5.32 Å². The van der Waals surface area contributed by atoms with Crippen molar-refractivity contribution in [1.82, 2.24) is 5.32 Å². The van der Waals surface area contributed by atoms with E-state index in [1.807, 2.05) is 6.26 Å². The molecule has 2 aromatic rings. The molecule has 0 atom stereocenters. The standard InChI is InChI=1S/C16H15FN2O3S/c1-10-3-4-11(7-14(10)17)9-18-16(20)13-8-12(23-2)5-6-15(13)19(21)22/h3-8H,9H2,1-2H3,(H,18,20). The minimum absolute atomic E-state index is 0.00515. The van der Waals surface area contributed by atoms with Gasteiger partial charge in [0.2, 0.25) is 0 Å². The number of rotatable bonds is 5. The first kappa shape index (κ1) is 17.0. The van der Waals surface area contributed by atoms with Crippen LogP contribution in [0.2, 0.25) is 0 Å². The number of benzene rings is 2. The number of hydrogen-bond acceptors (Lipinski definition) is 4. The summed E-state index contributed by atoms with van der Waals surface area (Å²) in [5.41, 5.74) is 0.846. The highest BCUT2D eigenvalue weighted by molar-refractivity contribution is 7.98. The molecule has 0 aliphatic heterocycles. The van der Waals surface area contributed by atoms with Crippen LogP contribution >= 0.6 is 11.8 Å². The van der Waals surface area contributed by atoms with Crippen LogP contribution in [0.25, 0.3) is 0 Å². The summed E-state index contributed by atoms with van der Waals surface area (Å²) in [6.45, 7) is 1.74. The van der Waals surface area contributed by atoms with Crippen LogP contribution in [0.5, 0.6) is 0 Å². The minimum atomic E-state index is -0.593. The van der Waals surface area contributed by atoms with E-state index in [0.717, 1.165) is 4.90 Å². The lowest BCUT2D eigenvalue weighted by Crippen LogP contribution is -2.23. The average molecular weight is 334 g/mol. The number of aryl methyl sites for hydroxylation is 1. The van der Waals surface area contributed by atoms with Crippen molar-refractivity contribution < 1.29 is 14.1 Å². The van der Waals surface area contributed by atoms with Crippen LogP contribution in [0, 0.1) is 22.9 Å². The van der Waals surface area contributed by atoms with Crippen LogP contribution in [0.3, 0.4) is 0 Å². The fraction of sp³-hybridized carbons (Fsp3) is 0.188. The molecule has 0 spiro atoms. The number of carbonyl (C=O) groups excluding carboxylic acids is 1. The first-order valence-corrected chi connectivity index (χ1v) is 8.00. The van der Waals surface area contributed by atoms with Gasteiger partial charge in [0, 0.05) is 17.5 Å². The number of halogens is 1. The van der Waals surface area contributed by atoms with Crippen LogP contribution in [-0.4, -0.2) is 17.1 Å². The van der Waals surface area contributed by atoms with Gasteiger partial charge in [-0.2, -0.15) is 0 Å². The lowest BCUT2D eigenvalue weighted by Gasteiger charge is -2.08. The van der Waals surface area contributed by atoms with Crippen LogP contribution in [0.15, 0.2) is 41.3 Å². The number of nitro groups is 1. The molecule has 2 rings (SSSR count). The third-order valence-corrected chi connectivity index (χ3v) is 4.06. The van der Waals surface area contributed by atoms with Crippen molar-refractivity contribution in [3.8, 4) is 0 Å². The van der Waals surface area contributed by atoms with Gasteiger partial charge >= 0.3 is 0 Å². The van der Waals surface area contributed by atoms with Crippen molar-refractivity contribution in [2.45, 2.75) is 18.4 Å². The van der Waals surface area contributed by atoms with Gasteiger partial charge in [0.05, 0.1) is 4.92 Å². The van der Waals surface area contributed by atoms with Crippen molar-refractivity contribution in [3.63, 3.8) is 0 Å². The van der Waals surface area contributed by atoms with E-state index in [2.05, 4.69) is 5.32 Å². The molecule has 120 valence electrons. The fourth-order valence-electron chi connectivity index (χ4n) is 2.01. The number of thioether (sulfide) groups is 1. The van der Waals surface area contributed by atoms with Gasteiger partial charge in [-0.05, 0) is 42.5 Å². The summed E-state index contributed by atoms with van der Waals surface area (Å²) in [5, 5.41) is 13.6. The Morgan fingerprint density at radius 1 is 1.30 bits per heavy atom. The molecule has 0 fully saturated rings. The Kier molecular flexibility index (Phi) is 5.33. The highest BCUT2D eigenvalue weighted by atomic mass is 32.2. The number of nitro benzene ring substituents is 1. The van der Waals surface area contributed by atoms with Gasteiger partial charge in [0.1, 0.15) is 11.4 Å². The highest BCUT2D eigenvalue weighted by Gasteiger charge is 2.20. The largest absolute Gasteiger partial charge is 0.348 e. The molecule has 0 bridgehead atoms. The molecular weight excluding hydrogens is 319 g/mol. The molecule has 0 aliphatic rings. The Bertz CT molecular complexity index is 765. The lowest BCUT2D eigenvalue weighted by molar-refractivity contribution is -0.385. The number of amides is 1. The molecule has 2 aromatic carbocycles. The van der Waals surface area contributed by atoms with E-state index in [-0.39, 0.29) is 23.6 Å². The third kappa shape index (κ3) is 4.07. The Hall–Kier alpha value is -2.41. The molecule has 0 aliphatic carbocycles. The molecule has 5 nitrogen and oxygen atoms in total. The predicted molar refractivity (Wildman–Crippen MR) is 87.2 cm³/mol. The van der Waals surface area contributed by atoms with Crippen LogP contribution < -0.4 is 5.32 Å². The van der Waals surface area contributed by atoms with Gasteiger partial charge in [-0.1, -0.05) is 12.1 Å². The Balaban J connectivity index is 2.19. The van der Waals surface area contributed by atoms with Gasteiger partial charge in [-0.25, -0.2) is 4.39 Å². The van der Waals surface area contributed by atoms with Crippen LogP contribution in [0.4, 0.5) is 10.1 Å². The van der Waals surface area contributed by atoms with Crippen molar-refractivity contribution >= 4 is 23.4 Å². The first-order chi connectivity index (χ1) is 10.9. The average Bonchev–Trinajstić information content (AvgIpc) is 2.54. The monoisotopic (exact) mass is 334 g/mol. The Morgan fingerprint density at radius 3 is 2.65 bits per heavy atom. The molecular formula is C16H15FN2O3S. The van der Waals surface area contributed by atoms with E-state index in [1.54, 1.807) is 25.1 Å². The van der Waals surface area contributed by atoms with E-state index in [4.69, 9.17) is 0 Å². The molecule has 0 unspecified atom stereocenters. The highest BCUT2D eigenvalue weighted by Crippen LogP contribution is 2.24. The summed E-state index contributed by atoms with van der Waals surface area (Å²) >= 11 is 1.39. The maximum absolute atomic E-state index is 13.5. The smallest absolute Gasteiger partial charge is 0.282 e. The van der Waals surface area contributed by atoms with Gasteiger partial charge in [0.25, 0.3) is 11.6 Å². The van der Waals surface area contributed by atoms with E-state index in [9.17, 15) is 19.3 Å². The van der Waals surface area contributed by atoms with Crippen LogP contribution in [0.1, 0.15) is 21.5 Å². The minimum Gasteiger partial charge on any atom is -0.348 e. The first-order valence-electron chi connectivity index (χ1n) is 6.78. The summed E-state index contributed by atoms with van der Waals surface area (Å²) in [6.07, 6.45) is 1.82. The quantitative estimate of drug-likeness (QED) is 0.514. The summed E-state index contributed by atoms with van der Waals surface area (Å²) < 4.78 is 13.5. The second-order valence-electron chi connectivity index (χ2n) is 4.91. The zero-order chi connectivity index (χ0) is 17.0. The molecule has 0 saturated carbocycles. The number of nitrogens with one attached hydrogen (secondary N) is 1. The van der Waals surface area contributed by atoms with E-state index in [0.29, 0.717) is 11.1 Å². The molecule has 0 saturated heterocycles. The Morgan fingerprint density at radius 2 is 2.04 bits per heavy atom. The zero-order valence-corrected chi connectivity index (χ0v) is 13.4. The molecule has 1 amide bonds. The molecule has 0 aromatic heterocycles. The summed E-state index contributed by atoms with van der Waals surface area (Å²) in [4.78, 5) is 23.5. The number of hydrogen-bond donors (Lipinski definition) is 1. The molecule has 1 N–H and O–H groups in total. The zero-order valence-electron chi connectivity index (χ0n) is 12.6. The summed E-state index contributed by atoms with van der Waals surface area (Å²) in [6, 6.07) is 9.04. The third-order valence-electron chi connectivity index (χ3n) is 3.33. The fourth-order valence-corrected chi connectivity index (χ4v) is 2.45. The normalized spacial score (nSPS) is 10.4. The van der Waals surface area contributed by atoms with Gasteiger partial charge in [0.15, 0.2) is 0 Å². The second kappa shape index (κ2) is 7.23. The molecule has 0 radical (unpaired) electrons. The van der Waals surface area contributed by atoms with Crippen molar-refractivity contribution in [2.75, 3.05) is 6.26 Å². The predicted octanol–water partition coefficient (Wildman–Crippen LogP) is 3.69. The topological polar surface area (TPSA) is 72.2 Å². The maximum atomic E-state index is 13.5. The summed E-state index contributed by atoms with van der Waals surface area (Å²) in [7, 11) is 0. The van der Waals surface area contributed by atoms with E-state index in [1.165, 1.54) is 30.0 Å². The second-order valence-corrected chi connectivity index (χ2v) is 5.79. The SMILES string of the molecule is CSc1ccc([N+](=O)[O-])c(C(=O)NCc2ccc(C)c(F)c2)c1. The molecule has 0 heterocycles. The molecule has 23 heavy (non-hydrogen) atoms. The van der Waals surface area contributed by atoms with E-state index >= 15 is 0 Å². The van der Waals surface area contributed by atoms with Crippen molar-refractivity contribution in [3.05, 3.63) is 69.0 Å². The number of carbonyl (C=O) groups is 1. The Labute approximate surface area is 137 Å². The van der Waals surface area contributed by atoms with E-state index < -0.39 is 10.8 Å². The van der Waals surface area contributed by atoms with Crippen molar-refractivity contribution in [1.29, 1.82) is 0 Å². The molecule has 7 heteroatoms. The van der Waals surface area contributed by atoms with Gasteiger partial charge in [-0.15, -0.1) is 11.8 Å². The van der Waals surface area contributed by atoms with Crippen LogP contribution in [-0.2, 0) is 6.54 Å². The number of nitrogens with zero attached hydrogens (tertiary/aromatic N) is 1. The van der Waals surface area contributed by atoms with Gasteiger partial charge in [-0.3, -0.25) is 14.9 Å². The van der Waals surface area contributed by atoms with Crippen molar-refractivity contribution in [2.24, 2.45) is 0 Å².